The maximum atomic E-state index is 13.7. The van der Waals surface area contributed by atoms with Gasteiger partial charge in [-0.2, -0.15) is 5.23 Å². The minimum atomic E-state index is -1.83. The SMILES string of the molecule is COc1cc(OC)c2c(c1Cl)O[C@@]1(C(=O)C=C(Nc3ccc(F)c([NH+]([O-])O)c3)C[C@H]1C)C2=O. The number of allylic oxidation sites excluding steroid dienone is 1. The van der Waals surface area contributed by atoms with Crippen LogP contribution in [0.3, 0.4) is 0 Å². The first kappa shape index (κ1) is 23.0. The van der Waals surface area contributed by atoms with E-state index in [1.54, 1.807) is 6.92 Å². The van der Waals surface area contributed by atoms with Gasteiger partial charge in [-0.05, 0) is 18.6 Å². The molecule has 1 aliphatic carbocycles. The topological polar surface area (TPSA) is 122 Å². The summed E-state index contributed by atoms with van der Waals surface area (Å²) < 4.78 is 30.2. The molecular formula is C22H20ClFN2O7. The van der Waals surface area contributed by atoms with Gasteiger partial charge >= 0.3 is 0 Å². The summed E-state index contributed by atoms with van der Waals surface area (Å²) in [5, 5.41) is 21.9. The molecule has 3 N–H and O–H groups in total. The summed E-state index contributed by atoms with van der Waals surface area (Å²) in [6.45, 7) is 1.68. The highest BCUT2D eigenvalue weighted by Crippen LogP contribution is 2.53. The van der Waals surface area contributed by atoms with Gasteiger partial charge in [0.25, 0.3) is 0 Å². The lowest BCUT2D eigenvalue weighted by Crippen LogP contribution is -2.99. The third-order valence-electron chi connectivity index (χ3n) is 5.81. The normalized spacial score (nSPS) is 22.5. The third-order valence-corrected chi connectivity index (χ3v) is 6.17. The summed E-state index contributed by atoms with van der Waals surface area (Å²) in [5.41, 5.74) is -1.56. The minimum Gasteiger partial charge on any atom is -0.595 e. The first-order chi connectivity index (χ1) is 15.6. The molecule has 174 valence electrons. The molecule has 1 spiro atoms. The number of ketones is 2. The molecule has 0 bridgehead atoms. The van der Waals surface area contributed by atoms with Crippen LogP contribution in [0.2, 0.25) is 5.02 Å². The van der Waals surface area contributed by atoms with Crippen LogP contribution >= 0.6 is 11.6 Å². The lowest BCUT2D eigenvalue weighted by atomic mass is 9.74. The van der Waals surface area contributed by atoms with Gasteiger partial charge in [0.15, 0.2) is 11.6 Å². The van der Waals surface area contributed by atoms with E-state index in [0.717, 1.165) is 12.1 Å². The van der Waals surface area contributed by atoms with Gasteiger partial charge in [0.1, 0.15) is 22.1 Å². The van der Waals surface area contributed by atoms with E-state index in [1.165, 1.54) is 32.4 Å². The van der Waals surface area contributed by atoms with Crippen molar-refractivity contribution in [1.82, 2.24) is 0 Å². The van der Waals surface area contributed by atoms with Crippen LogP contribution in [0.15, 0.2) is 36.0 Å². The highest BCUT2D eigenvalue weighted by Gasteiger charge is 2.60. The van der Waals surface area contributed by atoms with E-state index < -0.39 is 39.8 Å². The van der Waals surface area contributed by atoms with Gasteiger partial charge in [-0.3, -0.25) is 9.59 Å². The van der Waals surface area contributed by atoms with E-state index >= 15 is 0 Å². The van der Waals surface area contributed by atoms with Crippen LogP contribution in [0.1, 0.15) is 23.7 Å². The molecule has 1 aliphatic heterocycles. The summed E-state index contributed by atoms with van der Waals surface area (Å²) in [6, 6.07) is 4.95. The quantitative estimate of drug-likeness (QED) is 0.443. The second kappa shape index (κ2) is 8.31. The Bertz CT molecular complexity index is 1200. The van der Waals surface area contributed by atoms with Crippen molar-refractivity contribution in [3.8, 4) is 17.2 Å². The highest BCUT2D eigenvalue weighted by molar-refractivity contribution is 6.36. The maximum Gasteiger partial charge on any atom is 0.236 e. The lowest BCUT2D eigenvalue weighted by molar-refractivity contribution is -0.992. The molecule has 2 aromatic carbocycles. The largest absolute Gasteiger partial charge is 0.595 e. The predicted octanol–water partition coefficient (Wildman–Crippen LogP) is 2.82. The van der Waals surface area contributed by atoms with Crippen molar-refractivity contribution in [2.75, 3.05) is 19.5 Å². The Morgan fingerprint density at radius 1 is 1.27 bits per heavy atom. The van der Waals surface area contributed by atoms with Gasteiger partial charge in [-0.15, -0.1) is 0 Å². The van der Waals surface area contributed by atoms with Crippen LogP contribution in [-0.2, 0) is 4.79 Å². The number of halogens is 2. The average Bonchev–Trinajstić information content (AvgIpc) is 3.09. The first-order valence-corrected chi connectivity index (χ1v) is 10.2. The molecule has 9 nitrogen and oxygen atoms in total. The van der Waals surface area contributed by atoms with Crippen LogP contribution in [0, 0.1) is 16.9 Å². The van der Waals surface area contributed by atoms with Gasteiger partial charge < -0.3 is 24.7 Å². The number of fused-ring (bicyclic) bond motifs is 1. The molecule has 33 heavy (non-hydrogen) atoms. The lowest BCUT2D eigenvalue weighted by Gasteiger charge is -2.35. The number of quaternary nitrogens is 1. The molecule has 0 amide bonds. The highest BCUT2D eigenvalue weighted by atomic mass is 35.5. The molecule has 4 rings (SSSR count). The molecule has 11 heteroatoms. The number of carbonyl (C=O) groups is 2. The number of hydrogen-bond acceptors (Lipinski definition) is 8. The fourth-order valence-corrected chi connectivity index (χ4v) is 4.43. The predicted molar refractivity (Wildman–Crippen MR) is 115 cm³/mol. The molecule has 0 saturated heterocycles. The van der Waals surface area contributed by atoms with E-state index in [-0.39, 0.29) is 39.9 Å². The zero-order valence-corrected chi connectivity index (χ0v) is 18.6. The Hall–Kier alpha value is -3.18. The number of ether oxygens (including phenoxy) is 3. The number of carbonyl (C=O) groups excluding carboxylic acids is 2. The van der Waals surface area contributed by atoms with E-state index in [2.05, 4.69) is 5.32 Å². The molecule has 1 heterocycles. The number of methoxy groups -OCH3 is 2. The molecule has 3 atom stereocenters. The molecule has 2 aromatic rings. The van der Waals surface area contributed by atoms with E-state index in [1.807, 2.05) is 0 Å². The first-order valence-electron chi connectivity index (χ1n) is 9.87. The summed E-state index contributed by atoms with van der Waals surface area (Å²) in [6.07, 6.45) is 1.44. The van der Waals surface area contributed by atoms with Crippen LogP contribution in [0.5, 0.6) is 17.2 Å². The Kier molecular flexibility index (Phi) is 5.79. The Balaban J connectivity index is 1.69. The monoisotopic (exact) mass is 478 g/mol. The van der Waals surface area contributed by atoms with E-state index in [9.17, 15) is 19.2 Å². The Labute approximate surface area is 192 Å². The minimum absolute atomic E-state index is 0.0208. The molecule has 2 aliphatic rings. The smallest absolute Gasteiger partial charge is 0.236 e. The van der Waals surface area contributed by atoms with E-state index in [4.69, 9.17) is 31.0 Å². The van der Waals surface area contributed by atoms with Crippen LogP contribution in [0.4, 0.5) is 15.8 Å². The van der Waals surface area contributed by atoms with E-state index in [0.29, 0.717) is 5.70 Å². The van der Waals surface area contributed by atoms with Crippen LogP contribution in [0.25, 0.3) is 0 Å². The number of rotatable bonds is 5. The van der Waals surface area contributed by atoms with Crippen molar-refractivity contribution in [1.29, 1.82) is 0 Å². The van der Waals surface area contributed by atoms with Gasteiger partial charge in [-0.1, -0.05) is 18.5 Å². The molecular weight excluding hydrogens is 459 g/mol. The fraction of sp³-hybridized carbons (Fsp3) is 0.273. The second-order valence-electron chi connectivity index (χ2n) is 7.73. The van der Waals surface area contributed by atoms with Gasteiger partial charge in [0.05, 0.1) is 14.2 Å². The molecule has 0 fully saturated rings. The van der Waals surface area contributed by atoms with Crippen molar-refractivity contribution in [2.24, 2.45) is 5.92 Å². The van der Waals surface area contributed by atoms with Crippen LogP contribution in [-0.4, -0.2) is 36.6 Å². The van der Waals surface area contributed by atoms with Crippen molar-refractivity contribution in [2.45, 2.75) is 18.9 Å². The second-order valence-corrected chi connectivity index (χ2v) is 8.11. The summed E-state index contributed by atoms with van der Waals surface area (Å²) >= 11 is 6.36. The number of Topliss-reactive ketones (excluding diaryl/α,β-unsaturated/α-hetero) is 1. The number of anilines is 1. The molecule has 0 aromatic heterocycles. The average molecular weight is 479 g/mol. The maximum absolute atomic E-state index is 13.7. The van der Waals surface area contributed by atoms with Crippen molar-refractivity contribution in [3.63, 3.8) is 0 Å². The zero-order valence-electron chi connectivity index (χ0n) is 17.8. The van der Waals surface area contributed by atoms with Crippen LogP contribution < -0.4 is 24.8 Å². The summed E-state index contributed by atoms with van der Waals surface area (Å²) in [4.78, 5) is 26.7. The van der Waals surface area contributed by atoms with Gasteiger partial charge in [-0.25, -0.2) is 9.60 Å². The Morgan fingerprint density at radius 2 is 1.97 bits per heavy atom. The van der Waals surface area contributed by atoms with Crippen molar-refractivity contribution >= 4 is 34.5 Å². The molecule has 1 unspecified atom stereocenters. The third kappa shape index (κ3) is 3.51. The Morgan fingerprint density at radius 3 is 2.58 bits per heavy atom. The van der Waals surface area contributed by atoms with Gasteiger partial charge in [0, 0.05) is 35.5 Å². The summed E-state index contributed by atoms with van der Waals surface area (Å²) in [7, 11) is 2.78. The number of benzene rings is 2. The van der Waals surface area contributed by atoms with Gasteiger partial charge in [0.2, 0.25) is 22.9 Å². The summed E-state index contributed by atoms with van der Waals surface area (Å²) in [5.74, 6) is -2.25. The molecule has 0 saturated carbocycles. The van der Waals surface area contributed by atoms with Crippen molar-refractivity contribution in [3.05, 3.63) is 57.6 Å². The molecule has 0 radical (unpaired) electrons. The van der Waals surface area contributed by atoms with Crippen molar-refractivity contribution < 1.29 is 38.6 Å². The zero-order chi connectivity index (χ0) is 24.1. The fourth-order valence-electron chi connectivity index (χ4n) is 4.17. The number of hydrogen-bond donors (Lipinski definition) is 3. The number of nitrogens with one attached hydrogen (secondary N) is 2. The standard InChI is InChI=1S/C22H20ClFN2O7/c1-10-6-12(25-11-4-5-13(24)14(7-11)26(29)30)8-17(27)22(10)21(28)18-15(31-2)9-16(32-3)19(23)20(18)33-22/h4-5,7-10,25-26,29H,6H2,1-3H3/t10-,22+/m1/s1.